The Hall–Kier alpha value is -3.32. The van der Waals surface area contributed by atoms with Gasteiger partial charge in [-0.15, -0.1) is 0 Å². The molecule has 1 aliphatic rings. The zero-order chi connectivity index (χ0) is 22.5. The molecule has 0 saturated carbocycles. The largest absolute Gasteiger partial charge is 0.507 e. The SMILES string of the molecule is COc1ccc(OC)c(/C(O)=C2\C(=O)C(=O)N(CCOC(C)C)C2c2ccccc2)c1. The number of rotatable bonds is 8. The second kappa shape index (κ2) is 9.66. The molecule has 0 spiro atoms. The van der Waals surface area contributed by atoms with Gasteiger partial charge in [-0.3, -0.25) is 9.59 Å². The van der Waals surface area contributed by atoms with Crippen LogP contribution in [-0.2, 0) is 14.3 Å². The molecule has 31 heavy (non-hydrogen) atoms. The lowest BCUT2D eigenvalue weighted by atomic mass is 9.95. The minimum Gasteiger partial charge on any atom is -0.507 e. The highest BCUT2D eigenvalue weighted by molar-refractivity contribution is 6.46. The molecule has 1 aliphatic heterocycles. The van der Waals surface area contributed by atoms with Crippen molar-refractivity contribution in [2.75, 3.05) is 27.4 Å². The van der Waals surface area contributed by atoms with E-state index in [4.69, 9.17) is 14.2 Å². The van der Waals surface area contributed by atoms with E-state index in [1.54, 1.807) is 18.2 Å². The number of nitrogens with zero attached hydrogens (tertiary/aromatic N) is 1. The van der Waals surface area contributed by atoms with Gasteiger partial charge in [0.2, 0.25) is 0 Å². The van der Waals surface area contributed by atoms with Gasteiger partial charge in [0.25, 0.3) is 11.7 Å². The van der Waals surface area contributed by atoms with Gasteiger partial charge in [0, 0.05) is 6.54 Å². The molecule has 164 valence electrons. The van der Waals surface area contributed by atoms with Crippen molar-refractivity contribution in [1.82, 2.24) is 4.90 Å². The fourth-order valence-electron chi connectivity index (χ4n) is 3.62. The summed E-state index contributed by atoms with van der Waals surface area (Å²) in [4.78, 5) is 27.4. The molecule has 2 aromatic rings. The van der Waals surface area contributed by atoms with E-state index < -0.39 is 17.7 Å². The van der Waals surface area contributed by atoms with E-state index in [0.29, 0.717) is 11.5 Å². The summed E-state index contributed by atoms with van der Waals surface area (Å²) < 4.78 is 16.2. The average Bonchev–Trinajstić information content (AvgIpc) is 3.03. The Morgan fingerprint density at radius 1 is 1.06 bits per heavy atom. The van der Waals surface area contributed by atoms with Crippen molar-refractivity contribution in [3.8, 4) is 11.5 Å². The molecule has 1 heterocycles. The monoisotopic (exact) mass is 425 g/mol. The molecule has 1 saturated heterocycles. The fraction of sp³-hybridized carbons (Fsp3) is 0.333. The van der Waals surface area contributed by atoms with Crippen LogP contribution in [-0.4, -0.2) is 55.2 Å². The highest BCUT2D eigenvalue weighted by atomic mass is 16.5. The Morgan fingerprint density at radius 2 is 1.77 bits per heavy atom. The highest BCUT2D eigenvalue weighted by Crippen LogP contribution is 2.41. The number of carbonyl (C=O) groups excluding carboxylic acids is 2. The summed E-state index contributed by atoms with van der Waals surface area (Å²) in [5.41, 5.74) is 1.00. The minimum atomic E-state index is -0.749. The molecule has 0 aliphatic carbocycles. The maximum atomic E-state index is 13.0. The molecule has 1 atom stereocenters. The fourth-order valence-corrected chi connectivity index (χ4v) is 3.62. The van der Waals surface area contributed by atoms with Crippen LogP contribution in [0.15, 0.2) is 54.1 Å². The molecule has 0 radical (unpaired) electrons. The van der Waals surface area contributed by atoms with Crippen LogP contribution in [0.5, 0.6) is 11.5 Å². The molecule has 7 heteroatoms. The maximum Gasteiger partial charge on any atom is 0.295 e. The Labute approximate surface area is 181 Å². The van der Waals surface area contributed by atoms with Gasteiger partial charge in [-0.1, -0.05) is 30.3 Å². The van der Waals surface area contributed by atoms with Crippen molar-refractivity contribution in [3.63, 3.8) is 0 Å². The number of methoxy groups -OCH3 is 2. The van der Waals surface area contributed by atoms with Gasteiger partial charge in [-0.25, -0.2) is 0 Å². The molecule has 1 fully saturated rings. The first-order valence-electron chi connectivity index (χ1n) is 10.1. The Kier molecular flexibility index (Phi) is 6.97. The molecule has 3 rings (SSSR count). The van der Waals surface area contributed by atoms with E-state index in [1.165, 1.54) is 19.1 Å². The van der Waals surface area contributed by atoms with Gasteiger partial charge in [0.15, 0.2) is 0 Å². The number of aliphatic hydroxyl groups is 1. The topological polar surface area (TPSA) is 85.3 Å². The Balaban J connectivity index is 2.14. The summed E-state index contributed by atoms with van der Waals surface area (Å²) in [5.74, 6) is -0.891. The third-order valence-electron chi connectivity index (χ3n) is 5.10. The number of carbonyl (C=O) groups is 2. The third kappa shape index (κ3) is 4.56. The number of aliphatic hydroxyl groups excluding tert-OH is 1. The molecule has 0 aromatic heterocycles. The standard InChI is InChI=1S/C24H27NO6/c1-15(2)31-13-12-25-21(16-8-6-5-7-9-16)20(23(27)24(25)28)22(26)18-14-17(29-3)10-11-19(18)30-4/h5-11,14-15,21,26H,12-13H2,1-4H3/b22-20+. The number of ether oxygens (including phenoxy) is 3. The van der Waals surface area contributed by atoms with Crippen molar-refractivity contribution < 1.29 is 28.9 Å². The quantitative estimate of drug-likeness (QED) is 0.396. The number of likely N-dealkylation sites (tertiary alicyclic amines) is 1. The predicted molar refractivity (Wildman–Crippen MR) is 116 cm³/mol. The van der Waals surface area contributed by atoms with E-state index in [-0.39, 0.29) is 36.2 Å². The van der Waals surface area contributed by atoms with Crippen molar-refractivity contribution >= 4 is 17.4 Å². The summed E-state index contributed by atoms with van der Waals surface area (Å²) >= 11 is 0. The first kappa shape index (κ1) is 22.4. The van der Waals surface area contributed by atoms with Crippen LogP contribution in [0.4, 0.5) is 0 Å². The third-order valence-corrected chi connectivity index (χ3v) is 5.10. The maximum absolute atomic E-state index is 13.0. The van der Waals surface area contributed by atoms with Gasteiger partial charge in [0.1, 0.15) is 17.3 Å². The molecule has 7 nitrogen and oxygen atoms in total. The summed E-state index contributed by atoms with van der Waals surface area (Å²) in [6.45, 7) is 4.29. The molecular formula is C24H27NO6. The second-order valence-electron chi connectivity index (χ2n) is 7.39. The van der Waals surface area contributed by atoms with Crippen LogP contribution in [0.2, 0.25) is 0 Å². The number of hydrogen-bond donors (Lipinski definition) is 1. The number of benzene rings is 2. The molecular weight excluding hydrogens is 398 g/mol. The van der Waals surface area contributed by atoms with Crippen LogP contribution in [0.3, 0.4) is 0 Å². The van der Waals surface area contributed by atoms with Gasteiger partial charge in [-0.05, 0) is 37.6 Å². The van der Waals surface area contributed by atoms with Crippen molar-refractivity contribution in [2.45, 2.75) is 26.0 Å². The minimum absolute atomic E-state index is 0.00644. The second-order valence-corrected chi connectivity index (χ2v) is 7.39. The lowest BCUT2D eigenvalue weighted by Gasteiger charge is -2.25. The smallest absolute Gasteiger partial charge is 0.295 e. The van der Waals surface area contributed by atoms with E-state index in [9.17, 15) is 14.7 Å². The Morgan fingerprint density at radius 3 is 2.39 bits per heavy atom. The Bertz CT molecular complexity index is 983. The molecule has 0 bridgehead atoms. The van der Waals surface area contributed by atoms with E-state index in [1.807, 2.05) is 44.2 Å². The zero-order valence-corrected chi connectivity index (χ0v) is 18.1. The van der Waals surface area contributed by atoms with Gasteiger partial charge in [0.05, 0.1) is 44.1 Å². The molecule has 1 N–H and O–H groups in total. The van der Waals surface area contributed by atoms with Gasteiger partial charge in [-0.2, -0.15) is 0 Å². The van der Waals surface area contributed by atoms with E-state index in [0.717, 1.165) is 5.56 Å². The molecule has 1 unspecified atom stereocenters. The predicted octanol–water partition coefficient (Wildman–Crippen LogP) is 3.55. The summed E-state index contributed by atoms with van der Waals surface area (Å²) in [6, 6.07) is 13.3. The summed E-state index contributed by atoms with van der Waals surface area (Å²) in [6.07, 6.45) is -0.00644. The van der Waals surface area contributed by atoms with E-state index in [2.05, 4.69) is 0 Å². The van der Waals surface area contributed by atoms with Crippen LogP contribution in [0, 0.1) is 0 Å². The average molecular weight is 425 g/mol. The number of ketones is 1. The van der Waals surface area contributed by atoms with Crippen molar-refractivity contribution in [2.24, 2.45) is 0 Å². The summed E-state index contributed by atoms with van der Waals surface area (Å²) in [5, 5.41) is 11.2. The lowest BCUT2D eigenvalue weighted by Crippen LogP contribution is -2.33. The normalized spacial score (nSPS) is 18.0. The number of hydrogen-bond acceptors (Lipinski definition) is 6. The molecule has 2 aromatic carbocycles. The van der Waals surface area contributed by atoms with E-state index >= 15 is 0 Å². The first-order valence-corrected chi connectivity index (χ1v) is 10.1. The van der Waals surface area contributed by atoms with Crippen LogP contribution in [0.1, 0.15) is 31.0 Å². The highest BCUT2D eigenvalue weighted by Gasteiger charge is 2.46. The van der Waals surface area contributed by atoms with Crippen LogP contribution < -0.4 is 9.47 Å². The number of Topliss-reactive ketones (excluding diaryl/α,β-unsaturated/α-hetero) is 1. The van der Waals surface area contributed by atoms with Crippen LogP contribution in [0.25, 0.3) is 5.76 Å². The lowest BCUT2D eigenvalue weighted by molar-refractivity contribution is -0.140. The molecule has 1 amide bonds. The van der Waals surface area contributed by atoms with Gasteiger partial charge >= 0.3 is 0 Å². The number of amides is 1. The van der Waals surface area contributed by atoms with Crippen molar-refractivity contribution in [3.05, 3.63) is 65.2 Å². The summed E-state index contributed by atoms with van der Waals surface area (Å²) in [7, 11) is 2.97. The zero-order valence-electron chi connectivity index (χ0n) is 18.1. The van der Waals surface area contributed by atoms with Gasteiger partial charge < -0.3 is 24.2 Å². The first-order chi connectivity index (χ1) is 14.9. The van der Waals surface area contributed by atoms with Crippen molar-refractivity contribution in [1.29, 1.82) is 0 Å². The van der Waals surface area contributed by atoms with Crippen LogP contribution >= 0.6 is 0 Å².